The molecule has 1 heterocycles. The lowest BCUT2D eigenvalue weighted by Crippen LogP contribution is -2.33. The molecule has 1 nitrogen and oxygen atoms in total. The van der Waals surface area contributed by atoms with Crippen LogP contribution in [0.4, 0.5) is 0 Å². The van der Waals surface area contributed by atoms with Crippen molar-refractivity contribution in [2.75, 3.05) is 0 Å². The predicted octanol–water partition coefficient (Wildman–Crippen LogP) is 3.01. The van der Waals surface area contributed by atoms with Crippen LogP contribution in [0.5, 0.6) is 0 Å². The smallest absolute Gasteiger partial charge is 0.0844 e. The second-order valence-corrected chi connectivity index (χ2v) is 6.36. The number of hydrogen-bond donors (Lipinski definition) is 0. The fourth-order valence-electron chi connectivity index (χ4n) is 5.01. The Hall–Kier alpha value is -0.300. The molecule has 0 spiro atoms. The van der Waals surface area contributed by atoms with Crippen LogP contribution in [0.2, 0.25) is 0 Å². The third-order valence-electron chi connectivity index (χ3n) is 5.68. The third kappa shape index (κ3) is 1.08. The summed E-state index contributed by atoms with van der Waals surface area (Å²) in [6, 6.07) is 0. The molecule has 7 atom stereocenters. The zero-order chi connectivity index (χ0) is 10.2. The molecule has 0 aromatic heterocycles. The molecule has 0 radical (unpaired) electrons. The minimum atomic E-state index is 0.663. The van der Waals surface area contributed by atoms with Crippen molar-refractivity contribution in [3.63, 3.8) is 0 Å². The van der Waals surface area contributed by atoms with Crippen molar-refractivity contribution in [1.82, 2.24) is 0 Å². The molecular formula is C14H20O. The van der Waals surface area contributed by atoms with Gasteiger partial charge in [0.05, 0.1) is 12.2 Å². The highest BCUT2D eigenvalue weighted by molar-refractivity contribution is 5.14. The second-order valence-electron chi connectivity index (χ2n) is 6.36. The van der Waals surface area contributed by atoms with Gasteiger partial charge in [-0.25, -0.2) is 0 Å². The van der Waals surface area contributed by atoms with E-state index in [0.29, 0.717) is 12.2 Å². The second kappa shape index (κ2) is 2.68. The van der Waals surface area contributed by atoms with E-state index >= 15 is 0 Å². The van der Waals surface area contributed by atoms with E-state index in [9.17, 15) is 0 Å². The maximum absolute atomic E-state index is 5.71. The van der Waals surface area contributed by atoms with Crippen molar-refractivity contribution in [2.24, 2.45) is 29.6 Å². The summed E-state index contributed by atoms with van der Waals surface area (Å²) in [5.74, 6) is 4.87. The van der Waals surface area contributed by atoms with Gasteiger partial charge in [0.25, 0.3) is 0 Å². The average molecular weight is 204 g/mol. The van der Waals surface area contributed by atoms with E-state index < -0.39 is 0 Å². The molecule has 0 aromatic rings. The monoisotopic (exact) mass is 204 g/mol. The Morgan fingerprint density at radius 1 is 1.00 bits per heavy atom. The summed E-state index contributed by atoms with van der Waals surface area (Å²) in [5, 5.41) is 0. The Morgan fingerprint density at radius 2 is 1.73 bits per heavy atom. The molecule has 1 saturated heterocycles. The molecule has 3 aliphatic carbocycles. The SMILES string of the molecule is C=C(C)C1CC2CC1C1CC3OC3CC21. The maximum Gasteiger partial charge on any atom is 0.0844 e. The molecule has 15 heavy (non-hydrogen) atoms. The summed E-state index contributed by atoms with van der Waals surface area (Å²) < 4.78 is 5.71. The molecule has 0 N–H and O–H groups in total. The van der Waals surface area contributed by atoms with Crippen molar-refractivity contribution in [3.05, 3.63) is 12.2 Å². The van der Waals surface area contributed by atoms with Crippen LogP contribution in [-0.4, -0.2) is 12.2 Å². The molecule has 0 amide bonds. The molecule has 0 aromatic carbocycles. The summed E-state index contributed by atoms with van der Waals surface area (Å²) in [4.78, 5) is 0. The minimum absolute atomic E-state index is 0.663. The van der Waals surface area contributed by atoms with Gasteiger partial charge in [0.2, 0.25) is 0 Å². The topological polar surface area (TPSA) is 12.5 Å². The van der Waals surface area contributed by atoms with Crippen molar-refractivity contribution >= 4 is 0 Å². The van der Waals surface area contributed by atoms with E-state index in [-0.39, 0.29) is 0 Å². The molecule has 4 fully saturated rings. The van der Waals surface area contributed by atoms with Crippen molar-refractivity contribution < 1.29 is 4.74 Å². The van der Waals surface area contributed by atoms with Gasteiger partial charge in [-0.1, -0.05) is 12.2 Å². The van der Waals surface area contributed by atoms with Gasteiger partial charge in [0.1, 0.15) is 0 Å². The molecule has 3 saturated carbocycles. The van der Waals surface area contributed by atoms with Crippen LogP contribution < -0.4 is 0 Å². The standard InChI is InChI=1S/C14H20O/c1-7(2)9-3-8-4-11(9)12-6-14-13(15-14)5-10(8)12/h8-14H,1,3-6H2,2H3. The number of fused-ring (bicyclic) bond motifs is 6. The third-order valence-corrected chi connectivity index (χ3v) is 5.68. The molecule has 4 rings (SSSR count). The molecule has 7 unspecified atom stereocenters. The van der Waals surface area contributed by atoms with Gasteiger partial charge < -0.3 is 4.74 Å². The van der Waals surface area contributed by atoms with Gasteiger partial charge in [-0.05, 0) is 62.2 Å². The Balaban J connectivity index is 1.61. The summed E-state index contributed by atoms with van der Waals surface area (Å²) in [6.45, 7) is 6.43. The van der Waals surface area contributed by atoms with Gasteiger partial charge in [-0.3, -0.25) is 0 Å². The zero-order valence-corrected chi connectivity index (χ0v) is 9.49. The first-order valence-electron chi connectivity index (χ1n) is 6.55. The Labute approximate surface area is 91.9 Å². The van der Waals surface area contributed by atoms with E-state index in [2.05, 4.69) is 13.5 Å². The predicted molar refractivity (Wildman–Crippen MR) is 59.4 cm³/mol. The Bertz CT molecular complexity index is 321. The minimum Gasteiger partial charge on any atom is -0.370 e. The Kier molecular flexibility index (Phi) is 1.58. The first kappa shape index (κ1) is 8.81. The number of rotatable bonds is 1. The van der Waals surface area contributed by atoms with Crippen LogP contribution in [0.15, 0.2) is 12.2 Å². The van der Waals surface area contributed by atoms with Gasteiger partial charge in [0.15, 0.2) is 0 Å². The normalized spacial score (nSPS) is 59.9. The molecular weight excluding hydrogens is 184 g/mol. The quantitative estimate of drug-likeness (QED) is 0.472. The van der Waals surface area contributed by atoms with Gasteiger partial charge in [-0.15, -0.1) is 0 Å². The van der Waals surface area contributed by atoms with E-state index in [4.69, 9.17) is 4.74 Å². The maximum atomic E-state index is 5.71. The van der Waals surface area contributed by atoms with E-state index in [1.165, 1.54) is 31.3 Å². The van der Waals surface area contributed by atoms with E-state index in [0.717, 1.165) is 29.6 Å². The fraction of sp³-hybridized carbons (Fsp3) is 0.857. The molecule has 2 bridgehead atoms. The highest BCUT2D eigenvalue weighted by atomic mass is 16.6. The average Bonchev–Trinajstić information content (AvgIpc) is 2.69. The largest absolute Gasteiger partial charge is 0.370 e. The zero-order valence-electron chi connectivity index (χ0n) is 9.49. The summed E-state index contributed by atoms with van der Waals surface area (Å²) >= 11 is 0. The fourth-order valence-corrected chi connectivity index (χ4v) is 5.01. The molecule has 1 heteroatoms. The lowest BCUT2D eigenvalue weighted by molar-refractivity contribution is 0.144. The van der Waals surface area contributed by atoms with Crippen LogP contribution in [-0.2, 0) is 4.74 Å². The van der Waals surface area contributed by atoms with Crippen LogP contribution in [0.3, 0.4) is 0 Å². The lowest BCUT2D eigenvalue weighted by atomic mass is 9.66. The first-order valence-corrected chi connectivity index (χ1v) is 6.55. The first-order chi connectivity index (χ1) is 7.24. The van der Waals surface area contributed by atoms with Gasteiger partial charge in [0, 0.05) is 0 Å². The molecule has 4 aliphatic rings. The van der Waals surface area contributed by atoms with Crippen LogP contribution in [0, 0.1) is 29.6 Å². The van der Waals surface area contributed by atoms with Gasteiger partial charge >= 0.3 is 0 Å². The lowest BCUT2D eigenvalue weighted by Gasteiger charge is -2.37. The number of hydrogen-bond acceptors (Lipinski definition) is 1. The van der Waals surface area contributed by atoms with Gasteiger partial charge in [-0.2, -0.15) is 0 Å². The summed E-state index contributed by atoms with van der Waals surface area (Å²) in [7, 11) is 0. The van der Waals surface area contributed by atoms with Crippen LogP contribution in [0.1, 0.15) is 32.6 Å². The van der Waals surface area contributed by atoms with Crippen molar-refractivity contribution in [2.45, 2.75) is 44.8 Å². The highest BCUT2D eigenvalue weighted by Gasteiger charge is 2.59. The Morgan fingerprint density at radius 3 is 2.47 bits per heavy atom. The molecule has 82 valence electrons. The van der Waals surface area contributed by atoms with E-state index in [1.807, 2.05) is 0 Å². The van der Waals surface area contributed by atoms with Crippen LogP contribution >= 0.6 is 0 Å². The van der Waals surface area contributed by atoms with Crippen molar-refractivity contribution in [3.8, 4) is 0 Å². The van der Waals surface area contributed by atoms with E-state index in [1.54, 1.807) is 0 Å². The number of epoxide rings is 1. The van der Waals surface area contributed by atoms with Crippen LogP contribution in [0.25, 0.3) is 0 Å². The highest BCUT2D eigenvalue weighted by Crippen LogP contribution is 2.63. The summed E-state index contributed by atoms with van der Waals surface area (Å²) in [5.41, 5.74) is 1.44. The summed E-state index contributed by atoms with van der Waals surface area (Å²) in [6.07, 6.45) is 7.05. The molecule has 1 aliphatic heterocycles. The number of ether oxygens (including phenoxy) is 1. The number of allylic oxidation sites excluding steroid dienone is 1. The van der Waals surface area contributed by atoms with Crippen molar-refractivity contribution in [1.29, 1.82) is 0 Å².